The van der Waals surface area contributed by atoms with Crippen LogP contribution in [0.25, 0.3) is 0 Å². The summed E-state index contributed by atoms with van der Waals surface area (Å²) in [5, 5.41) is 11.8. The predicted molar refractivity (Wildman–Crippen MR) is 83.5 cm³/mol. The van der Waals surface area contributed by atoms with E-state index in [0.717, 1.165) is 0 Å². The molecule has 7 heteroatoms. The lowest BCUT2D eigenvalue weighted by atomic mass is 9.90. The van der Waals surface area contributed by atoms with Gasteiger partial charge in [0.25, 0.3) is 5.91 Å². The van der Waals surface area contributed by atoms with Crippen LogP contribution in [0.2, 0.25) is 0 Å². The van der Waals surface area contributed by atoms with Crippen molar-refractivity contribution in [3.8, 4) is 11.5 Å². The van der Waals surface area contributed by atoms with Crippen LogP contribution < -0.4 is 14.8 Å². The fraction of sp³-hybridized carbons (Fsp3) is 0.467. The predicted octanol–water partition coefficient (Wildman–Crippen LogP) is 2.45. The summed E-state index contributed by atoms with van der Waals surface area (Å²) >= 11 is 3.36. The number of fused-ring (bicyclic) bond motifs is 1. The quantitative estimate of drug-likeness (QED) is 0.830. The smallest absolute Gasteiger partial charge is 0.309 e. The van der Waals surface area contributed by atoms with Crippen molar-refractivity contribution in [2.24, 2.45) is 5.41 Å². The first kappa shape index (κ1) is 16.6. The van der Waals surface area contributed by atoms with Crippen LogP contribution in [0.3, 0.4) is 0 Å². The van der Waals surface area contributed by atoms with Crippen LogP contribution in [0.15, 0.2) is 16.6 Å². The Bertz CT molecular complexity index is 600. The molecule has 6 nitrogen and oxygen atoms in total. The van der Waals surface area contributed by atoms with Crippen molar-refractivity contribution in [3.05, 3.63) is 22.2 Å². The minimum Gasteiger partial charge on any atom is -0.486 e. The zero-order valence-electron chi connectivity index (χ0n) is 12.4. The van der Waals surface area contributed by atoms with Gasteiger partial charge in [-0.1, -0.05) is 0 Å². The molecule has 0 atom stereocenters. The maximum absolute atomic E-state index is 12.2. The number of carbonyl (C=O) groups is 2. The highest BCUT2D eigenvalue weighted by Crippen LogP contribution is 2.38. The Balaban J connectivity index is 2.01. The fourth-order valence-corrected chi connectivity index (χ4v) is 2.50. The number of halogens is 1. The van der Waals surface area contributed by atoms with Gasteiger partial charge in [-0.05, 0) is 48.3 Å². The van der Waals surface area contributed by atoms with E-state index in [4.69, 9.17) is 14.6 Å². The van der Waals surface area contributed by atoms with Gasteiger partial charge in [-0.2, -0.15) is 0 Å². The second-order valence-corrected chi connectivity index (χ2v) is 6.53. The van der Waals surface area contributed by atoms with Gasteiger partial charge >= 0.3 is 5.97 Å². The zero-order valence-corrected chi connectivity index (χ0v) is 14.0. The van der Waals surface area contributed by atoms with E-state index in [9.17, 15) is 9.59 Å². The summed E-state index contributed by atoms with van der Waals surface area (Å²) in [5.74, 6) is -0.0471. The fourth-order valence-electron chi connectivity index (χ4n) is 1.94. The van der Waals surface area contributed by atoms with Crippen molar-refractivity contribution in [2.75, 3.05) is 19.8 Å². The van der Waals surface area contributed by atoms with E-state index in [1.54, 1.807) is 26.0 Å². The SMILES string of the molecule is CC(C)(CCNC(=O)c1cc(Br)c2c(c1)OCCO2)C(=O)O. The molecule has 1 aliphatic rings. The monoisotopic (exact) mass is 371 g/mol. The zero-order chi connectivity index (χ0) is 16.3. The molecule has 0 fully saturated rings. The number of amides is 1. The minimum atomic E-state index is -0.885. The standard InChI is InChI=1S/C15H18BrNO5/c1-15(2,14(19)20)3-4-17-13(18)9-7-10(16)12-11(8-9)21-5-6-22-12/h7-8H,3-6H2,1-2H3,(H,17,18)(H,19,20). The average Bonchev–Trinajstić information content (AvgIpc) is 2.46. The van der Waals surface area contributed by atoms with Crippen LogP contribution >= 0.6 is 15.9 Å². The lowest BCUT2D eigenvalue weighted by molar-refractivity contribution is -0.147. The maximum Gasteiger partial charge on any atom is 0.309 e. The van der Waals surface area contributed by atoms with Gasteiger partial charge in [0, 0.05) is 12.1 Å². The molecule has 120 valence electrons. The second kappa shape index (κ2) is 6.56. The van der Waals surface area contributed by atoms with Gasteiger partial charge in [-0.15, -0.1) is 0 Å². The highest BCUT2D eigenvalue weighted by molar-refractivity contribution is 9.10. The topological polar surface area (TPSA) is 84.9 Å². The third-order valence-electron chi connectivity index (χ3n) is 3.47. The van der Waals surface area contributed by atoms with Gasteiger partial charge < -0.3 is 19.9 Å². The van der Waals surface area contributed by atoms with E-state index >= 15 is 0 Å². The molecule has 22 heavy (non-hydrogen) atoms. The summed E-state index contributed by atoms with van der Waals surface area (Å²) in [6, 6.07) is 3.28. The molecule has 0 radical (unpaired) electrons. The van der Waals surface area contributed by atoms with Crippen molar-refractivity contribution in [1.82, 2.24) is 5.32 Å². The molecule has 2 rings (SSSR count). The molecule has 1 amide bonds. The Kier molecular flexibility index (Phi) is 4.95. The second-order valence-electron chi connectivity index (χ2n) is 5.68. The molecule has 1 aliphatic heterocycles. The van der Waals surface area contributed by atoms with E-state index in [1.165, 1.54) is 0 Å². The lowest BCUT2D eigenvalue weighted by Gasteiger charge is -2.21. The minimum absolute atomic E-state index is 0.279. The Hall–Kier alpha value is -1.76. The number of ether oxygens (including phenoxy) is 2. The van der Waals surface area contributed by atoms with Crippen LogP contribution in [-0.2, 0) is 4.79 Å². The Morgan fingerprint density at radius 2 is 2.00 bits per heavy atom. The van der Waals surface area contributed by atoms with E-state index in [-0.39, 0.29) is 12.5 Å². The molecule has 0 unspecified atom stereocenters. The van der Waals surface area contributed by atoms with Crippen molar-refractivity contribution in [2.45, 2.75) is 20.3 Å². The molecule has 1 aromatic carbocycles. The Morgan fingerprint density at radius 3 is 2.68 bits per heavy atom. The van der Waals surface area contributed by atoms with Crippen molar-refractivity contribution < 1.29 is 24.2 Å². The molecular formula is C15H18BrNO5. The molecule has 2 N–H and O–H groups in total. The number of nitrogens with one attached hydrogen (secondary N) is 1. The molecule has 1 aromatic rings. The summed E-state index contributed by atoms with van der Waals surface area (Å²) in [4.78, 5) is 23.2. The summed E-state index contributed by atoms with van der Waals surface area (Å²) in [7, 11) is 0. The van der Waals surface area contributed by atoms with Crippen molar-refractivity contribution in [1.29, 1.82) is 0 Å². The summed E-state index contributed by atoms with van der Waals surface area (Å²) in [6.07, 6.45) is 0.347. The molecule has 0 aliphatic carbocycles. The normalized spacial score (nSPS) is 13.6. The van der Waals surface area contributed by atoms with Crippen molar-refractivity contribution in [3.63, 3.8) is 0 Å². The van der Waals surface area contributed by atoms with Crippen molar-refractivity contribution >= 4 is 27.8 Å². The number of aliphatic carboxylic acids is 1. The first-order chi connectivity index (χ1) is 10.3. The van der Waals surface area contributed by atoms with Crippen LogP contribution in [0.1, 0.15) is 30.6 Å². The molecule has 1 heterocycles. The number of carbonyl (C=O) groups excluding carboxylic acids is 1. The van der Waals surface area contributed by atoms with Crippen LogP contribution in [0, 0.1) is 5.41 Å². The lowest BCUT2D eigenvalue weighted by Crippen LogP contribution is -2.32. The number of hydrogen-bond donors (Lipinski definition) is 2. The summed E-state index contributed by atoms with van der Waals surface area (Å²) in [6.45, 7) is 4.45. The average molecular weight is 372 g/mol. The third kappa shape index (κ3) is 3.71. The van der Waals surface area contributed by atoms with Crippen LogP contribution in [0.5, 0.6) is 11.5 Å². The highest BCUT2D eigenvalue weighted by atomic mass is 79.9. The summed E-state index contributed by atoms with van der Waals surface area (Å²) in [5.41, 5.74) is -0.440. The van der Waals surface area contributed by atoms with Gasteiger partial charge in [0.1, 0.15) is 13.2 Å². The first-order valence-corrected chi connectivity index (χ1v) is 7.71. The molecule has 0 bridgehead atoms. The number of carboxylic acids is 1. The van der Waals surface area contributed by atoms with Gasteiger partial charge in [0.2, 0.25) is 0 Å². The van der Waals surface area contributed by atoms with Gasteiger partial charge in [0.15, 0.2) is 11.5 Å². The summed E-state index contributed by atoms with van der Waals surface area (Å²) < 4.78 is 11.6. The highest BCUT2D eigenvalue weighted by Gasteiger charge is 2.27. The van der Waals surface area contributed by atoms with Crippen LogP contribution in [0.4, 0.5) is 0 Å². The number of hydrogen-bond acceptors (Lipinski definition) is 4. The molecule has 0 saturated heterocycles. The van der Waals surface area contributed by atoms with Gasteiger partial charge in [0.05, 0.1) is 9.89 Å². The molecule has 0 saturated carbocycles. The van der Waals surface area contributed by atoms with E-state index in [1.807, 2.05) is 0 Å². The maximum atomic E-state index is 12.2. The third-order valence-corrected chi connectivity index (χ3v) is 4.06. The van der Waals surface area contributed by atoms with Crippen LogP contribution in [-0.4, -0.2) is 36.7 Å². The number of carboxylic acid groups (broad SMARTS) is 1. The van der Waals surface area contributed by atoms with Gasteiger partial charge in [-0.25, -0.2) is 0 Å². The van der Waals surface area contributed by atoms with Gasteiger partial charge in [-0.3, -0.25) is 9.59 Å². The van der Waals surface area contributed by atoms with E-state index < -0.39 is 11.4 Å². The Morgan fingerprint density at radius 1 is 1.32 bits per heavy atom. The molecular weight excluding hydrogens is 354 g/mol. The molecule has 0 aromatic heterocycles. The largest absolute Gasteiger partial charge is 0.486 e. The van der Waals surface area contributed by atoms with E-state index in [0.29, 0.717) is 41.2 Å². The Labute approximate surface area is 136 Å². The van der Waals surface area contributed by atoms with E-state index in [2.05, 4.69) is 21.2 Å². The first-order valence-electron chi connectivity index (χ1n) is 6.92. The molecule has 0 spiro atoms. The number of benzene rings is 1. The number of rotatable bonds is 5.